The average molecular weight is 432 g/mol. The quantitative estimate of drug-likeness (QED) is 0.637. The van der Waals surface area contributed by atoms with Crippen molar-refractivity contribution in [2.45, 2.75) is 31.6 Å². The molecule has 1 aliphatic carbocycles. The Morgan fingerprint density at radius 3 is 2.44 bits per heavy atom. The second kappa shape index (κ2) is 9.42. The highest BCUT2D eigenvalue weighted by atomic mass is 16.5. The van der Waals surface area contributed by atoms with Gasteiger partial charge in [-0.2, -0.15) is 4.98 Å². The van der Waals surface area contributed by atoms with E-state index in [9.17, 15) is 4.79 Å². The molecule has 1 saturated carbocycles. The lowest BCUT2D eigenvalue weighted by Gasteiger charge is -2.36. The van der Waals surface area contributed by atoms with Crippen molar-refractivity contribution in [2.75, 3.05) is 37.6 Å². The molecule has 0 unspecified atom stereocenters. The lowest BCUT2D eigenvalue weighted by atomic mass is 9.85. The maximum absolute atomic E-state index is 12.5. The van der Waals surface area contributed by atoms with Gasteiger partial charge in [0, 0.05) is 49.9 Å². The Morgan fingerprint density at radius 1 is 1.00 bits per heavy atom. The summed E-state index contributed by atoms with van der Waals surface area (Å²) >= 11 is 0. The molecule has 3 aromatic rings. The summed E-state index contributed by atoms with van der Waals surface area (Å²) in [6.07, 6.45) is 4.40. The zero-order valence-corrected chi connectivity index (χ0v) is 18.2. The van der Waals surface area contributed by atoms with Gasteiger partial charge in [0.25, 0.3) is 0 Å². The molecule has 1 aromatic heterocycles. The Labute approximate surface area is 188 Å². The lowest BCUT2D eigenvalue weighted by Crippen LogP contribution is -2.52. The molecule has 2 aliphatic rings. The molecule has 1 N–H and O–H groups in total. The number of hydrogen-bond donors (Lipinski definition) is 1. The monoisotopic (exact) mass is 431 g/mol. The van der Waals surface area contributed by atoms with Gasteiger partial charge in [-0.1, -0.05) is 41.9 Å². The zero-order valence-electron chi connectivity index (χ0n) is 18.2. The first kappa shape index (κ1) is 20.5. The minimum absolute atomic E-state index is 0.0234. The lowest BCUT2D eigenvalue weighted by molar-refractivity contribution is 0.194. The molecule has 5 rings (SSSR count). The van der Waals surface area contributed by atoms with Gasteiger partial charge in [-0.25, -0.2) is 4.79 Å². The van der Waals surface area contributed by atoms with E-state index in [4.69, 9.17) is 4.52 Å². The molecule has 0 radical (unpaired) electrons. The van der Waals surface area contributed by atoms with Crippen LogP contribution in [0.3, 0.4) is 0 Å². The van der Waals surface area contributed by atoms with E-state index in [1.807, 2.05) is 35.2 Å². The van der Waals surface area contributed by atoms with Gasteiger partial charge in [-0.3, -0.25) is 0 Å². The van der Waals surface area contributed by atoms with Crippen LogP contribution >= 0.6 is 0 Å². The fourth-order valence-electron chi connectivity index (χ4n) is 4.23. The van der Waals surface area contributed by atoms with Crippen LogP contribution in [0.2, 0.25) is 0 Å². The summed E-state index contributed by atoms with van der Waals surface area (Å²) in [7, 11) is 0. The third kappa shape index (κ3) is 4.61. The summed E-state index contributed by atoms with van der Waals surface area (Å²) in [6, 6.07) is 18.6. The van der Waals surface area contributed by atoms with Crippen LogP contribution in [-0.4, -0.2) is 53.8 Å². The van der Waals surface area contributed by atoms with Gasteiger partial charge in [-0.05, 0) is 49.1 Å². The number of urea groups is 1. The Hall–Kier alpha value is -3.35. The number of hydrogen-bond acceptors (Lipinski definition) is 5. The number of aromatic nitrogens is 2. The number of anilines is 1. The molecule has 0 spiro atoms. The van der Waals surface area contributed by atoms with Crippen LogP contribution in [0.15, 0.2) is 59.1 Å². The first-order chi connectivity index (χ1) is 15.8. The number of rotatable bonds is 6. The maximum atomic E-state index is 12.5. The SMILES string of the molecule is O=C(NCCc1ccccc1)N1CCN(c2ccc(-c3noc(C4CCC4)n3)cc2)CC1. The largest absolute Gasteiger partial charge is 0.368 e. The van der Waals surface area contributed by atoms with Gasteiger partial charge in [0.1, 0.15) is 0 Å². The van der Waals surface area contributed by atoms with Crippen molar-refractivity contribution >= 4 is 11.7 Å². The van der Waals surface area contributed by atoms with Gasteiger partial charge in [0.05, 0.1) is 0 Å². The van der Waals surface area contributed by atoms with Crippen LogP contribution in [0.25, 0.3) is 11.4 Å². The summed E-state index contributed by atoms with van der Waals surface area (Å²) < 4.78 is 5.44. The van der Waals surface area contributed by atoms with Gasteiger partial charge >= 0.3 is 6.03 Å². The van der Waals surface area contributed by atoms with Gasteiger partial charge in [0.15, 0.2) is 0 Å². The third-order valence-electron chi connectivity index (χ3n) is 6.49. The summed E-state index contributed by atoms with van der Waals surface area (Å²) in [5.41, 5.74) is 3.36. The summed E-state index contributed by atoms with van der Waals surface area (Å²) in [4.78, 5) is 21.3. The number of piperazine rings is 1. The molecule has 2 heterocycles. The average Bonchev–Trinajstić information content (AvgIpc) is 3.28. The minimum Gasteiger partial charge on any atom is -0.368 e. The Bertz CT molecular complexity index is 1020. The normalized spacial score (nSPS) is 16.6. The van der Waals surface area contributed by atoms with Crippen molar-refractivity contribution in [3.8, 4) is 11.4 Å². The van der Waals surface area contributed by atoms with Crippen molar-refractivity contribution in [1.29, 1.82) is 0 Å². The van der Waals surface area contributed by atoms with Crippen LogP contribution in [0.4, 0.5) is 10.5 Å². The molecule has 2 amide bonds. The van der Waals surface area contributed by atoms with E-state index in [1.54, 1.807) is 0 Å². The van der Waals surface area contributed by atoms with Crippen molar-refractivity contribution in [1.82, 2.24) is 20.4 Å². The van der Waals surface area contributed by atoms with E-state index in [0.717, 1.165) is 49.5 Å². The van der Waals surface area contributed by atoms with E-state index in [0.29, 0.717) is 31.4 Å². The third-order valence-corrected chi connectivity index (χ3v) is 6.49. The summed E-state index contributed by atoms with van der Waals surface area (Å²) in [5, 5.41) is 7.20. The molecular formula is C25H29N5O2. The zero-order chi connectivity index (χ0) is 21.8. The molecule has 0 atom stereocenters. The van der Waals surface area contributed by atoms with Crippen molar-refractivity contribution < 1.29 is 9.32 Å². The fourth-order valence-corrected chi connectivity index (χ4v) is 4.23. The number of amides is 2. The molecule has 1 aliphatic heterocycles. The van der Waals surface area contributed by atoms with Gasteiger partial charge in [0.2, 0.25) is 11.7 Å². The van der Waals surface area contributed by atoms with Crippen molar-refractivity contribution in [2.24, 2.45) is 0 Å². The standard InChI is InChI=1S/C25H29N5O2/c31-25(26-14-13-19-5-2-1-3-6-19)30-17-15-29(16-18-30)22-11-9-20(10-12-22)23-27-24(32-28-23)21-7-4-8-21/h1-3,5-6,9-12,21H,4,7-8,13-18H2,(H,26,31). The van der Waals surface area contributed by atoms with Crippen LogP contribution in [-0.2, 0) is 6.42 Å². The number of nitrogens with one attached hydrogen (secondary N) is 1. The molecule has 7 nitrogen and oxygen atoms in total. The highest BCUT2D eigenvalue weighted by Crippen LogP contribution is 2.36. The van der Waals surface area contributed by atoms with Crippen LogP contribution in [0.1, 0.15) is 36.6 Å². The van der Waals surface area contributed by atoms with Crippen molar-refractivity contribution in [3.63, 3.8) is 0 Å². The highest BCUT2D eigenvalue weighted by Gasteiger charge is 2.26. The molecular weight excluding hydrogens is 402 g/mol. The Morgan fingerprint density at radius 2 is 1.75 bits per heavy atom. The predicted octanol–water partition coefficient (Wildman–Crippen LogP) is 4.08. The maximum Gasteiger partial charge on any atom is 0.317 e. The molecule has 2 fully saturated rings. The predicted molar refractivity (Wildman–Crippen MR) is 124 cm³/mol. The second-order valence-corrected chi connectivity index (χ2v) is 8.57. The summed E-state index contributed by atoms with van der Waals surface area (Å²) in [5.74, 6) is 1.88. The van der Waals surface area contributed by atoms with E-state index in [1.165, 1.54) is 12.0 Å². The number of carbonyl (C=O) groups excluding carboxylic acids is 1. The van der Waals surface area contributed by atoms with E-state index < -0.39 is 0 Å². The highest BCUT2D eigenvalue weighted by molar-refractivity contribution is 5.74. The van der Waals surface area contributed by atoms with E-state index >= 15 is 0 Å². The van der Waals surface area contributed by atoms with Crippen LogP contribution in [0.5, 0.6) is 0 Å². The first-order valence-corrected chi connectivity index (χ1v) is 11.5. The number of benzene rings is 2. The second-order valence-electron chi connectivity index (χ2n) is 8.57. The Balaban J connectivity index is 1.10. The fraction of sp³-hybridized carbons (Fsp3) is 0.400. The number of carbonyl (C=O) groups is 1. The molecule has 1 saturated heterocycles. The van der Waals surface area contributed by atoms with E-state index in [2.05, 4.69) is 44.6 Å². The van der Waals surface area contributed by atoms with Crippen LogP contribution in [0, 0.1) is 0 Å². The molecule has 166 valence electrons. The molecule has 2 aromatic carbocycles. The molecule has 7 heteroatoms. The van der Waals surface area contributed by atoms with Crippen molar-refractivity contribution in [3.05, 3.63) is 66.1 Å². The minimum atomic E-state index is 0.0234. The van der Waals surface area contributed by atoms with E-state index in [-0.39, 0.29) is 6.03 Å². The smallest absolute Gasteiger partial charge is 0.317 e. The topological polar surface area (TPSA) is 74.5 Å². The van der Waals surface area contributed by atoms with Gasteiger partial charge < -0.3 is 19.6 Å². The molecule has 0 bridgehead atoms. The first-order valence-electron chi connectivity index (χ1n) is 11.5. The van der Waals surface area contributed by atoms with Crippen LogP contribution < -0.4 is 10.2 Å². The Kier molecular flexibility index (Phi) is 6.05. The van der Waals surface area contributed by atoms with Gasteiger partial charge in [-0.15, -0.1) is 0 Å². The molecule has 32 heavy (non-hydrogen) atoms. The number of nitrogens with zero attached hydrogens (tertiary/aromatic N) is 4. The summed E-state index contributed by atoms with van der Waals surface area (Å²) in [6.45, 7) is 3.73.